The van der Waals surface area contributed by atoms with Crippen LogP contribution in [0.3, 0.4) is 0 Å². The van der Waals surface area contributed by atoms with Crippen LogP contribution in [0.25, 0.3) is 0 Å². The summed E-state index contributed by atoms with van der Waals surface area (Å²) in [6, 6.07) is 9.67. The molecule has 1 amide bonds. The van der Waals surface area contributed by atoms with E-state index in [9.17, 15) is 9.90 Å². The van der Waals surface area contributed by atoms with Gasteiger partial charge in [-0.1, -0.05) is 49.6 Å². The molecular weight excluding hydrogens is 266 g/mol. The summed E-state index contributed by atoms with van der Waals surface area (Å²) in [5.41, 5.74) is 0.976. The molecule has 0 heterocycles. The van der Waals surface area contributed by atoms with E-state index in [0.717, 1.165) is 18.4 Å². The molecule has 1 aromatic rings. The number of benzene rings is 1. The number of carbonyl (C=O) groups excluding carboxylic acids is 1. The number of hydrogen-bond acceptors (Lipinski definition) is 3. The van der Waals surface area contributed by atoms with Gasteiger partial charge in [-0.2, -0.15) is 0 Å². The minimum atomic E-state index is -0.386. The van der Waals surface area contributed by atoms with Crippen molar-refractivity contribution in [1.82, 2.24) is 5.32 Å². The van der Waals surface area contributed by atoms with Gasteiger partial charge in [-0.25, -0.2) is 4.79 Å². The molecule has 21 heavy (non-hydrogen) atoms. The lowest BCUT2D eigenvalue weighted by Gasteiger charge is -2.30. The van der Waals surface area contributed by atoms with Gasteiger partial charge in [0, 0.05) is 12.6 Å². The van der Waals surface area contributed by atoms with Gasteiger partial charge in [-0.05, 0) is 30.7 Å². The Morgan fingerprint density at radius 3 is 2.62 bits per heavy atom. The van der Waals surface area contributed by atoms with E-state index in [4.69, 9.17) is 4.74 Å². The molecule has 1 fully saturated rings. The van der Waals surface area contributed by atoms with Gasteiger partial charge in [0.1, 0.15) is 6.61 Å². The highest BCUT2D eigenvalue weighted by Crippen LogP contribution is 2.27. The number of amides is 1. The number of nitrogens with one attached hydrogen (secondary N) is 1. The first kappa shape index (κ1) is 15.8. The average Bonchev–Trinajstić information content (AvgIpc) is 2.54. The molecule has 0 bridgehead atoms. The fourth-order valence-corrected chi connectivity index (χ4v) is 3.02. The lowest BCUT2D eigenvalue weighted by atomic mass is 9.83. The molecule has 0 radical (unpaired) electrons. The van der Waals surface area contributed by atoms with Gasteiger partial charge in [0.05, 0.1) is 0 Å². The lowest BCUT2D eigenvalue weighted by Crippen LogP contribution is -2.42. The van der Waals surface area contributed by atoms with Gasteiger partial charge in [0.2, 0.25) is 0 Å². The van der Waals surface area contributed by atoms with Crippen molar-refractivity contribution >= 4 is 6.09 Å². The van der Waals surface area contributed by atoms with E-state index in [1.54, 1.807) is 0 Å². The zero-order valence-corrected chi connectivity index (χ0v) is 12.5. The Morgan fingerprint density at radius 1 is 1.24 bits per heavy atom. The summed E-state index contributed by atoms with van der Waals surface area (Å²) in [5, 5.41) is 12.1. The van der Waals surface area contributed by atoms with Gasteiger partial charge in [0.25, 0.3) is 0 Å². The molecule has 0 saturated heterocycles. The summed E-state index contributed by atoms with van der Waals surface area (Å²) < 4.78 is 5.26. The third-order valence-electron chi connectivity index (χ3n) is 4.17. The SMILES string of the molecule is O=C(N[C@@H](CCO)C1CCCCC1)OCc1ccccc1. The zero-order chi connectivity index (χ0) is 14.9. The maximum absolute atomic E-state index is 11.9. The molecule has 1 saturated carbocycles. The molecule has 4 nitrogen and oxygen atoms in total. The predicted molar refractivity (Wildman–Crippen MR) is 81.8 cm³/mol. The van der Waals surface area contributed by atoms with E-state index in [1.165, 1.54) is 19.3 Å². The fourth-order valence-electron chi connectivity index (χ4n) is 3.02. The topological polar surface area (TPSA) is 58.6 Å². The van der Waals surface area contributed by atoms with Gasteiger partial charge >= 0.3 is 6.09 Å². The Labute approximate surface area is 126 Å². The van der Waals surface area contributed by atoms with Crippen molar-refractivity contribution in [3.05, 3.63) is 35.9 Å². The monoisotopic (exact) mass is 291 g/mol. The molecule has 1 aliphatic rings. The van der Waals surface area contributed by atoms with E-state index in [-0.39, 0.29) is 25.3 Å². The quantitative estimate of drug-likeness (QED) is 0.846. The molecule has 1 aliphatic carbocycles. The number of ether oxygens (including phenoxy) is 1. The summed E-state index contributed by atoms with van der Waals surface area (Å²) in [5.74, 6) is 0.468. The van der Waals surface area contributed by atoms with Crippen molar-refractivity contribution in [3.8, 4) is 0 Å². The van der Waals surface area contributed by atoms with Crippen LogP contribution in [0.1, 0.15) is 44.1 Å². The summed E-state index contributed by atoms with van der Waals surface area (Å²) in [6.07, 6.45) is 6.18. The maximum Gasteiger partial charge on any atom is 0.407 e. The lowest BCUT2D eigenvalue weighted by molar-refractivity contribution is 0.124. The minimum Gasteiger partial charge on any atom is -0.445 e. The Balaban J connectivity index is 1.80. The van der Waals surface area contributed by atoms with Crippen LogP contribution in [-0.4, -0.2) is 23.8 Å². The number of aliphatic hydroxyl groups is 1. The highest BCUT2D eigenvalue weighted by Gasteiger charge is 2.25. The molecule has 0 aliphatic heterocycles. The zero-order valence-electron chi connectivity index (χ0n) is 12.5. The van der Waals surface area contributed by atoms with Crippen LogP contribution < -0.4 is 5.32 Å². The Kier molecular flexibility index (Phi) is 6.54. The van der Waals surface area contributed by atoms with Gasteiger partial charge in [-0.3, -0.25) is 0 Å². The normalized spacial score (nSPS) is 17.2. The molecule has 2 N–H and O–H groups in total. The van der Waals surface area contributed by atoms with Crippen LogP contribution in [0.2, 0.25) is 0 Å². The third-order valence-corrected chi connectivity index (χ3v) is 4.17. The highest BCUT2D eigenvalue weighted by molar-refractivity contribution is 5.67. The molecule has 116 valence electrons. The first-order valence-corrected chi connectivity index (χ1v) is 7.87. The molecular formula is C17H25NO3. The van der Waals surface area contributed by atoms with E-state index >= 15 is 0 Å². The highest BCUT2D eigenvalue weighted by atomic mass is 16.5. The molecule has 0 spiro atoms. The van der Waals surface area contributed by atoms with Crippen molar-refractivity contribution in [2.45, 2.75) is 51.2 Å². The molecule has 2 rings (SSSR count). The average molecular weight is 291 g/mol. The number of hydrogen-bond donors (Lipinski definition) is 2. The van der Waals surface area contributed by atoms with Crippen LogP contribution in [-0.2, 0) is 11.3 Å². The van der Waals surface area contributed by atoms with Crippen LogP contribution in [0, 0.1) is 5.92 Å². The van der Waals surface area contributed by atoms with Crippen LogP contribution >= 0.6 is 0 Å². The second kappa shape index (κ2) is 8.67. The van der Waals surface area contributed by atoms with E-state index in [0.29, 0.717) is 12.3 Å². The van der Waals surface area contributed by atoms with Gasteiger partial charge in [0.15, 0.2) is 0 Å². The second-order valence-electron chi connectivity index (χ2n) is 5.72. The van der Waals surface area contributed by atoms with Crippen molar-refractivity contribution in [1.29, 1.82) is 0 Å². The minimum absolute atomic E-state index is 0.0265. The molecule has 4 heteroatoms. The summed E-state index contributed by atoms with van der Waals surface area (Å²) in [6.45, 7) is 0.378. The predicted octanol–water partition coefficient (Wildman–Crippen LogP) is 3.24. The summed E-state index contributed by atoms with van der Waals surface area (Å²) in [7, 11) is 0. The van der Waals surface area contributed by atoms with Crippen LogP contribution in [0.15, 0.2) is 30.3 Å². The van der Waals surface area contributed by atoms with Crippen LogP contribution in [0.5, 0.6) is 0 Å². The third kappa shape index (κ3) is 5.38. The number of carbonyl (C=O) groups is 1. The van der Waals surface area contributed by atoms with Crippen molar-refractivity contribution in [2.75, 3.05) is 6.61 Å². The Hall–Kier alpha value is -1.55. The molecule has 0 unspecified atom stereocenters. The Bertz CT molecular complexity index is 415. The number of alkyl carbamates (subject to hydrolysis) is 1. The Morgan fingerprint density at radius 2 is 1.95 bits per heavy atom. The smallest absolute Gasteiger partial charge is 0.407 e. The first-order valence-electron chi connectivity index (χ1n) is 7.87. The summed E-state index contributed by atoms with van der Waals surface area (Å²) >= 11 is 0. The first-order chi connectivity index (χ1) is 10.3. The maximum atomic E-state index is 11.9. The molecule has 0 aromatic heterocycles. The number of aliphatic hydroxyl groups excluding tert-OH is 1. The van der Waals surface area contributed by atoms with Crippen molar-refractivity contribution in [3.63, 3.8) is 0 Å². The van der Waals surface area contributed by atoms with Crippen molar-refractivity contribution < 1.29 is 14.6 Å². The van der Waals surface area contributed by atoms with E-state index in [2.05, 4.69) is 5.32 Å². The van der Waals surface area contributed by atoms with Gasteiger partial charge < -0.3 is 15.2 Å². The van der Waals surface area contributed by atoms with Crippen molar-refractivity contribution in [2.24, 2.45) is 5.92 Å². The largest absolute Gasteiger partial charge is 0.445 e. The molecule has 1 aromatic carbocycles. The van der Waals surface area contributed by atoms with E-state index < -0.39 is 0 Å². The second-order valence-corrected chi connectivity index (χ2v) is 5.72. The van der Waals surface area contributed by atoms with Crippen LogP contribution in [0.4, 0.5) is 4.79 Å². The number of rotatable bonds is 6. The standard InChI is InChI=1S/C17H25NO3/c19-12-11-16(15-9-5-2-6-10-15)18-17(20)21-13-14-7-3-1-4-8-14/h1,3-4,7-8,15-16,19H,2,5-6,9-13H2,(H,18,20)/t16-/m0/s1. The van der Waals surface area contributed by atoms with E-state index in [1.807, 2.05) is 30.3 Å². The molecule has 1 atom stereocenters. The fraction of sp³-hybridized carbons (Fsp3) is 0.588. The van der Waals surface area contributed by atoms with Gasteiger partial charge in [-0.15, -0.1) is 0 Å². The summed E-state index contributed by atoms with van der Waals surface area (Å²) in [4.78, 5) is 11.9.